The highest BCUT2D eigenvalue weighted by molar-refractivity contribution is 9.10. The van der Waals surface area contributed by atoms with Crippen molar-refractivity contribution in [3.63, 3.8) is 0 Å². The van der Waals surface area contributed by atoms with E-state index < -0.39 is 5.54 Å². The predicted octanol–water partition coefficient (Wildman–Crippen LogP) is 3.96. The van der Waals surface area contributed by atoms with Gasteiger partial charge in [0.2, 0.25) is 0 Å². The molecule has 0 saturated heterocycles. The summed E-state index contributed by atoms with van der Waals surface area (Å²) >= 11 is 3.34. The van der Waals surface area contributed by atoms with Crippen LogP contribution in [0, 0.1) is 5.82 Å². The van der Waals surface area contributed by atoms with Crippen LogP contribution in [-0.4, -0.2) is 30.3 Å². The molecule has 2 nitrogen and oxygen atoms in total. The van der Waals surface area contributed by atoms with Gasteiger partial charge in [-0.25, -0.2) is 4.39 Å². The van der Waals surface area contributed by atoms with Gasteiger partial charge in [0, 0.05) is 10.9 Å². The molecular formula is C16H21BrFNO. The van der Waals surface area contributed by atoms with Crippen LogP contribution in [0.25, 0.3) is 0 Å². The predicted molar refractivity (Wildman–Crippen MR) is 82.3 cm³/mol. The van der Waals surface area contributed by atoms with Crippen molar-refractivity contribution in [2.45, 2.75) is 44.1 Å². The molecule has 0 aliphatic heterocycles. The summed E-state index contributed by atoms with van der Waals surface area (Å²) < 4.78 is 14.6. The van der Waals surface area contributed by atoms with E-state index in [1.54, 1.807) is 12.1 Å². The molecule has 2 rings (SSSR count). The Morgan fingerprint density at radius 3 is 2.55 bits per heavy atom. The molecule has 4 heteroatoms. The van der Waals surface area contributed by atoms with Crippen LogP contribution in [0.4, 0.5) is 4.39 Å². The fourth-order valence-corrected chi connectivity index (χ4v) is 3.54. The molecular weight excluding hydrogens is 321 g/mol. The number of benzene rings is 1. The van der Waals surface area contributed by atoms with Crippen LogP contribution >= 0.6 is 15.9 Å². The Morgan fingerprint density at radius 2 is 1.95 bits per heavy atom. The minimum Gasteiger partial charge on any atom is -0.297 e. The Bertz CT molecular complexity index is 495. The quantitative estimate of drug-likeness (QED) is 0.825. The van der Waals surface area contributed by atoms with Gasteiger partial charge in [0.05, 0.1) is 5.54 Å². The van der Waals surface area contributed by atoms with Gasteiger partial charge >= 0.3 is 0 Å². The van der Waals surface area contributed by atoms with Gasteiger partial charge < -0.3 is 0 Å². The van der Waals surface area contributed by atoms with E-state index >= 15 is 0 Å². The maximum absolute atomic E-state index is 13.8. The highest BCUT2D eigenvalue weighted by Gasteiger charge is 2.40. The van der Waals surface area contributed by atoms with E-state index in [-0.39, 0.29) is 18.0 Å². The van der Waals surface area contributed by atoms with Crippen LogP contribution in [-0.2, 0) is 11.2 Å². The molecule has 0 heterocycles. The average Bonchev–Trinajstić information content (AvgIpc) is 2.43. The van der Waals surface area contributed by atoms with Gasteiger partial charge in [0.1, 0.15) is 5.82 Å². The zero-order valence-electron chi connectivity index (χ0n) is 12.1. The molecule has 110 valence electrons. The van der Waals surface area contributed by atoms with Crippen LogP contribution in [0.2, 0.25) is 0 Å². The molecule has 0 radical (unpaired) electrons. The third-order valence-corrected chi connectivity index (χ3v) is 4.91. The molecule has 1 fully saturated rings. The van der Waals surface area contributed by atoms with E-state index in [4.69, 9.17) is 0 Å². The van der Waals surface area contributed by atoms with Gasteiger partial charge in [-0.05, 0) is 50.7 Å². The van der Waals surface area contributed by atoms with Gasteiger partial charge in [0.25, 0.3) is 0 Å². The lowest BCUT2D eigenvalue weighted by Gasteiger charge is -2.41. The van der Waals surface area contributed by atoms with Gasteiger partial charge in [-0.15, -0.1) is 0 Å². The van der Waals surface area contributed by atoms with Crippen molar-refractivity contribution in [1.29, 1.82) is 0 Å². The summed E-state index contributed by atoms with van der Waals surface area (Å²) in [7, 11) is 3.92. The van der Waals surface area contributed by atoms with Crippen molar-refractivity contribution < 1.29 is 9.18 Å². The number of halogens is 2. The summed E-state index contributed by atoms with van der Waals surface area (Å²) in [6.45, 7) is 0. The largest absolute Gasteiger partial charge is 0.297 e. The second-order valence-corrected chi connectivity index (χ2v) is 6.74. The molecule has 1 aromatic carbocycles. The van der Waals surface area contributed by atoms with E-state index in [1.807, 2.05) is 19.0 Å². The Hall–Kier alpha value is -0.740. The molecule has 0 aromatic heterocycles. The molecule has 1 saturated carbocycles. The summed E-state index contributed by atoms with van der Waals surface area (Å²) in [4.78, 5) is 14.8. The van der Waals surface area contributed by atoms with Crippen molar-refractivity contribution in [1.82, 2.24) is 4.90 Å². The molecule has 1 aromatic rings. The van der Waals surface area contributed by atoms with Crippen LogP contribution in [0.5, 0.6) is 0 Å². The average molecular weight is 342 g/mol. The van der Waals surface area contributed by atoms with Gasteiger partial charge in [-0.1, -0.05) is 35.2 Å². The number of nitrogens with zero attached hydrogens (tertiary/aromatic N) is 1. The van der Waals surface area contributed by atoms with Gasteiger partial charge in [-0.2, -0.15) is 0 Å². The fourth-order valence-electron chi connectivity index (χ4n) is 3.13. The highest BCUT2D eigenvalue weighted by atomic mass is 79.9. The zero-order chi connectivity index (χ0) is 14.8. The molecule has 1 aliphatic rings. The molecule has 0 atom stereocenters. The van der Waals surface area contributed by atoms with Crippen LogP contribution in [0.1, 0.15) is 37.7 Å². The standard InChI is InChI=1S/C16H21BrFNO/c1-19(2)16(8-4-3-5-9-16)15(20)11-12-10-13(17)6-7-14(12)18/h6-7,10H,3-5,8-9,11H2,1-2H3. The van der Waals surface area contributed by atoms with E-state index in [0.29, 0.717) is 5.56 Å². The first-order valence-corrected chi connectivity index (χ1v) is 7.90. The first kappa shape index (κ1) is 15.6. The number of ketones is 1. The minimum absolute atomic E-state index is 0.138. The van der Waals surface area contributed by atoms with Crippen LogP contribution < -0.4 is 0 Å². The van der Waals surface area contributed by atoms with Crippen molar-refractivity contribution in [3.05, 3.63) is 34.1 Å². The van der Waals surface area contributed by atoms with Crippen molar-refractivity contribution in [3.8, 4) is 0 Å². The lowest BCUT2D eigenvalue weighted by molar-refractivity contribution is -0.131. The summed E-state index contributed by atoms with van der Waals surface area (Å²) in [6, 6.07) is 4.78. The van der Waals surface area contributed by atoms with E-state index in [0.717, 1.165) is 30.2 Å². The number of rotatable bonds is 4. The number of hydrogen-bond acceptors (Lipinski definition) is 2. The molecule has 0 amide bonds. The molecule has 20 heavy (non-hydrogen) atoms. The summed E-state index contributed by atoms with van der Waals surface area (Å²) in [6.07, 6.45) is 5.27. The SMILES string of the molecule is CN(C)C1(C(=O)Cc2cc(Br)ccc2F)CCCCC1. The maximum Gasteiger partial charge on any atom is 0.157 e. The van der Waals surface area contributed by atoms with Crippen molar-refractivity contribution in [2.24, 2.45) is 0 Å². The molecule has 0 spiro atoms. The minimum atomic E-state index is -0.410. The van der Waals surface area contributed by atoms with Crippen molar-refractivity contribution >= 4 is 21.7 Å². The third-order valence-electron chi connectivity index (χ3n) is 4.41. The number of likely N-dealkylation sites (N-methyl/N-ethyl adjacent to an activating group) is 1. The fraction of sp³-hybridized carbons (Fsp3) is 0.562. The number of carbonyl (C=O) groups is 1. The summed E-state index contributed by atoms with van der Waals surface area (Å²) in [5, 5.41) is 0. The van der Waals surface area contributed by atoms with Crippen LogP contribution in [0.15, 0.2) is 22.7 Å². The molecule has 0 N–H and O–H groups in total. The molecule has 1 aliphatic carbocycles. The maximum atomic E-state index is 13.8. The molecule has 0 bridgehead atoms. The second-order valence-electron chi connectivity index (χ2n) is 5.82. The molecule has 0 unspecified atom stereocenters. The smallest absolute Gasteiger partial charge is 0.157 e. The highest BCUT2D eigenvalue weighted by Crippen LogP contribution is 2.34. The van der Waals surface area contributed by atoms with Crippen molar-refractivity contribution in [2.75, 3.05) is 14.1 Å². The number of Topliss-reactive ketones (excluding diaryl/α,β-unsaturated/α-hetero) is 1. The Kier molecular flexibility index (Phi) is 4.97. The Balaban J connectivity index is 2.22. The lowest BCUT2D eigenvalue weighted by Crippen LogP contribution is -2.53. The Morgan fingerprint density at radius 1 is 1.30 bits per heavy atom. The summed E-state index contributed by atoms with van der Waals surface area (Å²) in [5.74, 6) is -0.162. The van der Waals surface area contributed by atoms with E-state index in [2.05, 4.69) is 15.9 Å². The van der Waals surface area contributed by atoms with Gasteiger partial charge in [-0.3, -0.25) is 9.69 Å². The van der Waals surface area contributed by atoms with E-state index in [9.17, 15) is 9.18 Å². The second kappa shape index (κ2) is 6.35. The number of carbonyl (C=O) groups excluding carboxylic acids is 1. The van der Waals surface area contributed by atoms with Crippen LogP contribution in [0.3, 0.4) is 0 Å². The first-order chi connectivity index (χ1) is 9.45. The summed E-state index contributed by atoms with van der Waals surface area (Å²) in [5.41, 5.74) is 0.0729. The van der Waals surface area contributed by atoms with E-state index in [1.165, 1.54) is 12.5 Å². The third kappa shape index (κ3) is 3.12. The zero-order valence-corrected chi connectivity index (χ0v) is 13.7. The topological polar surface area (TPSA) is 20.3 Å². The first-order valence-electron chi connectivity index (χ1n) is 7.10. The normalized spacial score (nSPS) is 18.2. The number of hydrogen-bond donors (Lipinski definition) is 0. The monoisotopic (exact) mass is 341 g/mol. The lowest BCUT2D eigenvalue weighted by atomic mass is 9.76. The Labute approximate surface area is 128 Å². The van der Waals surface area contributed by atoms with Gasteiger partial charge in [0.15, 0.2) is 5.78 Å².